The summed E-state index contributed by atoms with van der Waals surface area (Å²) in [6.07, 6.45) is 1.97. The van der Waals surface area contributed by atoms with Crippen LogP contribution in [0, 0.1) is 0 Å². The summed E-state index contributed by atoms with van der Waals surface area (Å²) in [5.74, 6) is 0.684. The number of carbonyl (C=O) groups excluding carboxylic acids is 1. The Hall–Kier alpha value is -1.57. The molecule has 148 valence electrons. The summed E-state index contributed by atoms with van der Waals surface area (Å²) in [6, 6.07) is 5.94. The van der Waals surface area contributed by atoms with Crippen molar-refractivity contribution in [1.29, 1.82) is 0 Å². The van der Waals surface area contributed by atoms with Crippen molar-refractivity contribution < 1.29 is 23.6 Å². The Morgan fingerprint density at radius 3 is 2.41 bits per heavy atom. The number of hydrogen-bond donors (Lipinski definition) is 1. The fourth-order valence-corrected chi connectivity index (χ4v) is 3.36. The quantitative estimate of drug-likeness (QED) is 0.796. The highest BCUT2D eigenvalue weighted by Crippen LogP contribution is 2.36. The SMILES string of the molecule is COc1ccc(B2OC(C)(C)C(C)(C)O2)cc1CC(=O)NC1CCOCC1. The predicted octanol–water partition coefficient (Wildman–Crippen LogP) is 1.83. The van der Waals surface area contributed by atoms with Crippen molar-refractivity contribution in [2.45, 2.75) is 64.2 Å². The van der Waals surface area contributed by atoms with Crippen molar-refractivity contribution in [3.63, 3.8) is 0 Å². The average molecular weight is 375 g/mol. The number of carbonyl (C=O) groups is 1. The summed E-state index contributed by atoms with van der Waals surface area (Å²) >= 11 is 0. The highest BCUT2D eigenvalue weighted by atomic mass is 16.7. The number of hydrogen-bond acceptors (Lipinski definition) is 5. The van der Waals surface area contributed by atoms with Gasteiger partial charge in [0.1, 0.15) is 5.75 Å². The maximum absolute atomic E-state index is 12.5. The molecule has 1 amide bonds. The van der Waals surface area contributed by atoms with Gasteiger partial charge in [-0.25, -0.2) is 0 Å². The number of ether oxygens (including phenoxy) is 2. The summed E-state index contributed by atoms with van der Waals surface area (Å²) < 4.78 is 23.1. The lowest BCUT2D eigenvalue weighted by molar-refractivity contribution is -0.121. The summed E-state index contributed by atoms with van der Waals surface area (Å²) in [5, 5.41) is 3.10. The molecule has 0 radical (unpaired) electrons. The third-order valence-corrected chi connectivity index (χ3v) is 5.77. The monoisotopic (exact) mass is 375 g/mol. The van der Waals surface area contributed by atoms with E-state index in [1.807, 2.05) is 45.9 Å². The van der Waals surface area contributed by atoms with Gasteiger partial charge in [-0.05, 0) is 52.1 Å². The average Bonchev–Trinajstić information content (AvgIpc) is 2.83. The minimum Gasteiger partial charge on any atom is -0.496 e. The molecule has 2 fully saturated rings. The molecule has 2 heterocycles. The Labute approximate surface area is 162 Å². The van der Waals surface area contributed by atoms with Gasteiger partial charge in [-0.3, -0.25) is 4.79 Å². The molecule has 1 N–H and O–H groups in total. The van der Waals surface area contributed by atoms with Gasteiger partial charge in [-0.2, -0.15) is 0 Å². The Bertz CT molecular complexity index is 669. The summed E-state index contributed by atoms with van der Waals surface area (Å²) in [5.41, 5.74) is 0.911. The molecule has 0 unspecified atom stereocenters. The molecule has 6 nitrogen and oxygen atoms in total. The molecule has 2 saturated heterocycles. The Morgan fingerprint density at radius 1 is 1.19 bits per heavy atom. The summed E-state index contributed by atoms with van der Waals surface area (Å²) in [6.45, 7) is 9.51. The fraction of sp³-hybridized carbons (Fsp3) is 0.650. The molecule has 1 aromatic rings. The molecule has 3 rings (SSSR count). The molecule has 2 aliphatic heterocycles. The van der Waals surface area contributed by atoms with Crippen molar-refractivity contribution in [3.8, 4) is 5.75 Å². The first-order valence-corrected chi connectivity index (χ1v) is 9.61. The zero-order valence-electron chi connectivity index (χ0n) is 17.0. The Morgan fingerprint density at radius 2 is 1.81 bits per heavy atom. The van der Waals surface area contributed by atoms with Gasteiger partial charge in [-0.1, -0.05) is 12.1 Å². The lowest BCUT2D eigenvalue weighted by Gasteiger charge is -2.32. The van der Waals surface area contributed by atoms with E-state index in [0.717, 1.165) is 23.9 Å². The molecule has 1 aromatic carbocycles. The smallest absolute Gasteiger partial charge is 0.494 e. The van der Waals surface area contributed by atoms with E-state index in [0.29, 0.717) is 19.0 Å². The predicted molar refractivity (Wildman–Crippen MR) is 104 cm³/mol. The van der Waals surface area contributed by atoms with Gasteiger partial charge in [0.05, 0.1) is 24.7 Å². The minimum atomic E-state index is -0.460. The van der Waals surface area contributed by atoms with Crippen LogP contribution in [-0.2, 0) is 25.3 Å². The second-order valence-corrected chi connectivity index (χ2v) is 8.29. The number of nitrogens with one attached hydrogen (secondary N) is 1. The zero-order chi connectivity index (χ0) is 19.7. The highest BCUT2D eigenvalue weighted by Gasteiger charge is 2.51. The largest absolute Gasteiger partial charge is 0.496 e. The van der Waals surface area contributed by atoms with Crippen LogP contribution in [0.5, 0.6) is 5.75 Å². The van der Waals surface area contributed by atoms with Crippen LogP contribution in [0.1, 0.15) is 46.1 Å². The van der Waals surface area contributed by atoms with Gasteiger partial charge in [0.15, 0.2) is 0 Å². The van der Waals surface area contributed by atoms with Gasteiger partial charge >= 0.3 is 7.12 Å². The first-order chi connectivity index (χ1) is 12.7. The lowest BCUT2D eigenvalue weighted by Crippen LogP contribution is -2.41. The molecule has 0 atom stereocenters. The van der Waals surface area contributed by atoms with Gasteiger partial charge < -0.3 is 24.1 Å². The second kappa shape index (κ2) is 7.82. The van der Waals surface area contributed by atoms with E-state index in [-0.39, 0.29) is 18.4 Å². The van der Waals surface area contributed by atoms with Crippen molar-refractivity contribution in [2.75, 3.05) is 20.3 Å². The van der Waals surface area contributed by atoms with Gasteiger partial charge in [0, 0.05) is 24.8 Å². The number of rotatable bonds is 5. The molecular formula is C20H30BNO5. The third kappa shape index (κ3) is 4.47. The molecule has 7 heteroatoms. The van der Waals surface area contributed by atoms with Gasteiger partial charge in [0.2, 0.25) is 5.91 Å². The maximum Gasteiger partial charge on any atom is 0.494 e. The van der Waals surface area contributed by atoms with Crippen LogP contribution >= 0.6 is 0 Å². The molecule has 0 aliphatic carbocycles. The second-order valence-electron chi connectivity index (χ2n) is 8.29. The van der Waals surface area contributed by atoms with Crippen LogP contribution in [0.4, 0.5) is 0 Å². The third-order valence-electron chi connectivity index (χ3n) is 5.77. The van der Waals surface area contributed by atoms with Gasteiger partial charge in [-0.15, -0.1) is 0 Å². The van der Waals surface area contributed by atoms with E-state index in [2.05, 4.69) is 5.32 Å². The van der Waals surface area contributed by atoms with E-state index >= 15 is 0 Å². The van der Waals surface area contributed by atoms with Gasteiger partial charge in [0.25, 0.3) is 0 Å². The maximum atomic E-state index is 12.5. The first-order valence-electron chi connectivity index (χ1n) is 9.61. The normalized spacial score (nSPS) is 21.9. The van der Waals surface area contributed by atoms with E-state index < -0.39 is 18.3 Å². The van der Waals surface area contributed by atoms with Crippen molar-refractivity contribution in [2.24, 2.45) is 0 Å². The number of methoxy groups -OCH3 is 1. The molecule has 0 aromatic heterocycles. The molecule has 2 aliphatic rings. The number of amides is 1. The highest BCUT2D eigenvalue weighted by molar-refractivity contribution is 6.62. The van der Waals surface area contributed by atoms with Crippen molar-refractivity contribution in [1.82, 2.24) is 5.32 Å². The molecule has 0 spiro atoms. The molecule has 0 bridgehead atoms. The Balaban J connectivity index is 1.73. The summed E-state index contributed by atoms with van der Waals surface area (Å²) in [4.78, 5) is 12.5. The van der Waals surface area contributed by atoms with E-state index in [1.165, 1.54) is 0 Å². The van der Waals surface area contributed by atoms with E-state index in [9.17, 15) is 4.79 Å². The fourth-order valence-electron chi connectivity index (χ4n) is 3.36. The van der Waals surface area contributed by atoms with Crippen LogP contribution in [0.15, 0.2) is 18.2 Å². The van der Waals surface area contributed by atoms with Crippen LogP contribution in [-0.4, -0.2) is 50.6 Å². The van der Waals surface area contributed by atoms with Crippen LogP contribution in [0.3, 0.4) is 0 Å². The molecular weight excluding hydrogens is 345 g/mol. The van der Waals surface area contributed by atoms with E-state index in [4.69, 9.17) is 18.8 Å². The van der Waals surface area contributed by atoms with Crippen molar-refractivity contribution >= 4 is 18.5 Å². The Kier molecular flexibility index (Phi) is 5.84. The lowest BCUT2D eigenvalue weighted by atomic mass is 9.78. The first kappa shape index (κ1) is 20.2. The zero-order valence-corrected chi connectivity index (χ0v) is 17.0. The standard InChI is InChI=1S/C20H30BNO5/c1-19(2)20(3,4)27-21(26-19)15-6-7-17(24-5)14(12-15)13-18(23)22-16-8-10-25-11-9-16/h6-7,12,16H,8-11,13H2,1-5H3,(H,22,23). The van der Waals surface area contributed by atoms with Crippen LogP contribution < -0.4 is 15.5 Å². The summed E-state index contributed by atoms with van der Waals surface area (Å²) in [7, 11) is 1.15. The molecule has 27 heavy (non-hydrogen) atoms. The number of benzene rings is 1. The van der Waals surface area contributed by atoms with Crippen LogP contribution in [0.2, 0.25) is 0 Å². The molecule has 0 saturated carbocycles. The van der Waals surface area contributed by atoms with Crippen molar-refractivity contribution in [3.05, 3.63) is 23.8 Å². The van der Waals surface area contributed by atoms with E-state index in [1.54, 1.807) is 7.11 Å². The van der Waals surface area contributed by atoms with Crippen LogP contribution in [0.25, 0.3) is 0 Å². The topological polar surface area (TPSA) is 66.0 Å². The minimum absolute atomic E-state index is 0.00808.